The van der Waals surface area contributed by atoms with Crippen LogP contribution in [0.3, 0.4) is 0 Å². The predicted octanol–water partition coefficient (Wildman–Crippen LogP) is 4.03. The van der Waals surface area contributed by atoms with E-state index in [1.54, 1.807) is 65.6 Å². The molecule has 5 rings (SSSR count). The van der Waals surface area contributed by atoms with Crippen molar-refractivity contribution in [1.82, 2.24) is 19.8 Å². The van der Waals surface area contributed by atoms with Crippen LogP contribution in [-0.2, 0) is 4.79 Å². The van der Waals surface area contributed by atoms with Gasteiger partial charge in [-0.25, -0.2) is 14.4 Å². The molecule has 2 aromatic carbocycles. The van der Waals surface area contributed by atoms with Crippen molar-refractivity contribution in [2.24, 2.45) is 0 Å². The maximum atomic E-state index is 14.1. The monoisotopic (exact) mass is 460 g/mol. The summed E-state index contributed by atoms with van der Waals surface area (Å²) >= 11 is 0. The van der Waals surface area contributed by atoms with Crippen LogP contribution in [0.25, 0.3) is 0 Å². The van der Waals surface area contributed by atoms with Crippen molar-refractivity contribution in [2.45, 2.75) is 30.7 Å². The third-order valence-electron chi connectivity index (χ3n) is 6.93. The van der Waals surface area contributed by atoms with Gasteiger partial charge in [0.15, 0.2) is 0 Å². The zero-order valence-corrected chi connectivity index (χ0v) is 18.9. The molecule has 0 unspecified atom stereocenters. The number of rotatable bonds is 4. The Kier molecular flexibility index (Phi) is 5.73. The average molecular weight is 461 g/mol. The lowest BCUT2D eigenvalue weighted by molar-refractivity contribution is -0.139. The zero-order chi connectivity index (χ0) is 23.7. The van der Waals surface area contributed by atoms with Crippen LogP contribution in [0.5, 0.6) is 11.8 Å². The molecule has 2 atom stereocenters. The van der Waals surface area contributed by atoms with Gasteiger partial charge in [0.05, 0.1) is 5.54 Å². The number of carbonyl (C=O) groups excluding carboxylic acids is 2. The fraction of sp³-hybridized carbons (Fsp3) is 0.308. The Balaban J connectivity index is 1.45. The van der Waals surface area contributed by atoms with Crippen LogP contribution in [0, 0.1) is 5.82 Å². The fourth-order valence-electron chi connectivity index (χ4n) is 5.23. The van der Waals surface area contributed by atoms with Gasteiger partial charge in [0, 0.05) is 50.4 Å². The lowest BCUT2D eigenvalue weighted by Gasteiger charge is -2.46. The molecule has 2 aliphatic rings. The summed E-state index contributed by atoms with van der Waals surface area (Å²) in [4.78, 5) is 37.9. The van der Waals surface area contributed by atoms with E-state index in [4.69, 9.17) is 4.74 Å². The Hall–Kier alpha value is -3.81. The first-order valence-electron chi connectivity index (χ1n) is 11.3. The summed E-state index contributed by atoms with van der Waals surface area (Å²) in [6, 6.07) is 15.3. The van der Waals surface area contributed by atoms with Gasteiger partial charge in [-0.2, -0.15) is 0 Å². The minimum Gasteiger partial charge on any atom is -0.424 e. The summed E-state index contributed by atoms with van der Waals surface area (Å²) in [5, 5.41) is 0. The van der Waals surface area contributed by atoms with Crippen LogP contribution >= 0.6 is 0 Å². The van der Waals surface area contributed by atoms with Crippen molar-refractivity contribution in [1.29, 1.82) is 0 Å². The van der Waals surface area contributed by atoms with Crippen molar-refractivity contribution in [3.63, 3.8) is 0 Å². The summed E-state index contributed by atoms with van der Waals surface area (Å²) in [7, 11) is 1.80. The summed E-state index contributed by atoms with van der Waals surface area (Å²) in [6.45, 7) is 0.787. The molecular formula is C26H25FN4O3. The zero-order valence-electron chi connectivity index (χ0n) is 18.9. The van der Waals surface area contributed by atoms with Crippen LogP contribution < -0.4 is 4.74 Å². The van der Waals surface area contributed by atoms with Gasteiger partial charge in [-0.1, -0.05) is 18.2 Å². The molecule has 2 amide bonds. The van der Waals surface area contributed by atoms with Gasteiger partial charge >= 0.3 is 6.01 Å². The number of hydrogen-bond acceptors (Lipinski definition) is 5. The molecule has 3 aromatic rings. The molecule has 7 nitrogen and oxygen atoms in total. The van der Waals surface area contributed by atoms with Gasteiger partial charge in [-0.05, 0) is 54.8 Å². The molecule has 2 fully saturated rings. The fourth-order valence-corrected chi connectivity index (χ4v) is 5.23. The van der Waals surface area contributed by atoms with Gasteiger partial charge in [0.25, 0.3) is 5.91 Å². The molecule has 2 saturated heterocycles. The van der Waals surface area contributed by atoms with Gasteiger partial charge < -0.3 is 14.5 Å². The summed E-state index contributed by atoms with van der Waals surface area (Å²) in [5.74, 6) is -0.157. The highest BCUT2D eigenvalue weighted by Gasteiger charge is 2.53. The molecule has 2 aliphatic heterocycles. The van der Waals surface area contributed by atoms with Crippen LogP contribution in [0.4, 0.5) is 4.39 Å². The number of hydrogen-bond donors (Lipinski definition) is 0. The molecule has 1 aromatic heterocycles. The Morgan fingerprint density at radius 2 is 1.91 bits per heavy atom. The largest absolute Gasteiger partial charge is 0.424 e. The highest BCUT2D eigenvalue weighted by atomic mass is 19.1. The Bertz CT molecular complexity index is 1220. The highest BCUT2D eigenvalue weighted by molar-refractivity contribution is 5.95. The van der Waals surface area contributed by atoms with Gasteiger partial charge in [0.1, 0.15) is 11.6 Å². The van der Waals surface area contributed by atoms with E-state index < -0.39 is 5.54 Å². The molecule has 0 radical (unpaired) electrons. The number of halogens is 1. The first-order chi connectivity index (χ1) is 16.5. The van der Waals surface area contributed by atoms with Crippen molar-refractivity contribution >= 4 is 11.8 Å². The molecule has 0 aliphatic carbocycles. The topological polar surface area (TPSA) is 75.6 Å². The molecule has 0 bridgehead atoms. The maximum absolute atomic E-state index is 14.1. The first kappa shape index (κ1) is 22.0. The number of aromatic nitrogens is 2. The summed E-state index contributed by atoms with van der Waals surface area (Å²) < 4.78 is 19.8. The Morgan fingerprint density at radius 1 is 1.12 bits per heavy atom. The molecular weight excluding hydrogens is 435 g/mol. The molecule has 8 heteroatoms. The number of likely N-dealkylation sites (N-methyl/N-ethyl adjacent to an activating group) is 1. The van der Waals surface area contributed by atoms with Crippen LogP contribution in [0.1, 0.15) is 41.1 Å². The van der Waals surface area contributed by atoms with Crippen molar-refractivity contribution in [3.8, 4) is 11.8 Å². The minimum atomic E-state index is -0.565. The standard InChI is InChI=1S/C26H25FN4O3/c1-30-23(32)10-4-11-26(30)17-31(16-22(26)18-6-2-8-20(27)14-18)24(33)19-7-3-9-21(15-19)34-25-28-12-5-13-29-25/h2-3,5-9,12-15,22H,4,10-11,16-17H2,1H3/t22-,26+/m0/s1. The molecule has 0 N–H and O–H groups in total. The SMILES string of the molecule is CN1C(=O)CCC[C@]12CN(C(=O)c1cccc(Oc3ncccn3)c1)C[C@H]2c1cccc(F)c1. The molecule has 0 saturated carbocycles. The van der Waals surface area contributed by atoms with E-state index in [0.717, 1.165) is 18.4 Å². The molecule has 1 spiro atoms. The number of amides is 2. The average Bonchev–Trinajstić information content (AvgIpc) is 3.23. The normalized spacial score (nSPS) is 22.3. The third kappa shape index (κ3) is 4.00. The number of likely N-dealkylation sites (tertiary alicyclic amines) is 2. The predicted molar refractivity (Wildman–Crippen MR) is 123 cm³/mol. The highest BCUT2D eigenvalue weighted by Crippen LogP contribution is 2.46. The van der Waals surface area contributed by atoms with E-state index >= 15 is 0 Å². The van der Waals surface area contributed by atoms with Gasteiger partial charge in [-0.15, -0.1) is 0 Å². The number of carbonyl (C=O) groups is 2. The first-order valence-corrected chi connectivity index (χ1v) is 11.3. The quantitative estimate of drug-likeness (QED) is 0.588. The van der Waals surface area contributed by atoms with E-state index in [-0.39, 0.29) is 29.6 Å². The van der Waals surface area contributed by atoms with E-state index in [0.29, 0.717) is 30.8 Å². The number of ether oxygens (including phenoxy) is 1. The molecule has 3 heterocycles. The van der Waals surface area contributed by atoms with Gasteiger partial charge in [-0.3, -0.25) is 9.59 Å². The lowest BCUT2D eigenvalue weighted by atomic mass is 9.75. The second-order valence-electron chi connectivity index (χ2n) is 8.86. The third-order valence-corrected chi connectivity index (χ3v) is 6.93. The Labute approximate surface area is 197 Å². The number of benzene rings is 2. The van der Waals surface area contributed by atoms with E-state index in [1.807, 2.05) is 6.07 Å². The number of piperidine rings is 1. The van der Waals surface area contributed by atoms with E-state index in [2.05, 4.69) is 9.97 Å². The van der Waals surface area contributed by atoms with Crippen molar-refractivity contribution in [3.05, 3.63) is 83.9 Å². The molecule has 34 heavy (non-hydrogen) atoms. The van der Waals surface area contributed by atoms with Crippen molar-refractivity contribution in [2.75, 3.05) is 20.1 Å². The summed E-state index contributed by atoms with van der Waals surface area (Å²) in [6.07, 6.45) is 5.15. The Morgan fingerprint density at radius 3 is 2.71 bits per heavy atom. The lowest BCUT2D eigenvalue weighted by Crippen LogP contribution is -2.57. The van der Waals surface area contributed by atoms with Gasteiger partial charge in [0.2, 0.25) is 5.91 Å². The number of nitrogens with zero attached hydrogens (tertiary/aromatic N) is 4. The second-order valence-corrected chi connectivity index (χ2v) is 8.86. The smallest absolute Gasteiger partial charge is 0.321 e. The van der Waals surface area contributed by atoms with Crippen LogP contribution in [0.2, 0.25) is 0 Å². The minimum absolute atomic E-state index is 0.0558. The van der Waals surface area contributed by atoms with Crippen LogP contribution in [0.15, 0.2) is 67.0 Å². The summed E-state index contributed by atoms with van der Waals surface area (Å²) in [5.41, 5.74) is 0.702. The second kappa shape index (κ2) is 8.85. The van der Waals surface area contributed by atoms with E-state index in [9.17, 15) is 14.0 Å². The van der Waals surface area contributed by atoms with E-state index in [1.165, 1.54) is 12.1 Å². The van der Waals surface area contributed by atoms with Crippen molar-refractivity contribution < 1.29 is 18.7 Å². The van der Waals surface area contributed by atoms with Crippen LogP contribution in [-0.4, -0.2) is 57.3 Å². The maximum Gasteiger partial charge on any atom is 0.321 e. The molecule has 174 valence electrons.